The largest absolute Gasteiger partial charge is 0.282 e. The molecule has 0 saturated heterocycles. The summed E-state index contributed by atoms with van der Waals surface area (Å²) in [6.45, 7) is 8.87. The Hall–Kier alpha value is 0.390. The summed E-state index contributed by atoms with van der Waals surface area (Å²) in [4.78, 5) is 0. The third-order valence-electron chi connectivity index (χ3n) is 1.70. The average Bonchev–Trinajstić information content (AvgIpc) is 1.84. The highest BCUT2D eigenvalue weighted by molar-refractivity contribution is 7.13. The summed E-state index contributed by atoms with van der Waals surface area (Å²) in [5, 5.41) is 0. The fraction of sp³-hybridized carbons (Fsp3) is 1.00. The van der Waals surface area contributed by atoms with Crippen LogP contribution in [-0.2, 0) is 0 Å². The van der Waals surface area contributed by atoms with Gasteiger partial charge in [0.15, 0.2) is 0 Å². The maximum absolute atomic E-state index is 2.77. The summed E-state index contributed by atoms with van der Waals surface area (Å²) in [6.07, 6.45) is 1.22. The van der Waals surface area contributed by atoms with Crippen LogP contribution in [-0.4, -0.2) is 16.8 Å². The molecule has 0 aromatic carbocycles. The molecule has 0 bridgehead atoms. The first-order chi connectivity index (χ1) is 4.09. The molecule has 0 aliphatic heterocycles. The molecular formula is C7H18NP. The van der Waals surface area contributed by atoms with Gasteiger partial charge in [-0.3, -0.25) is 4.67 Å². The lowest BCUT2D eigenvalue weighted by atomic mass is 10.2. The maximum atomic E-state index is 2.77. The van der Waals surface area contributed by atoms with Crippen LogP contribution in [0.1, 0.15) is 34.1 Å². The number of hydrogen-bond acceptors (Lipinski definition) is 1. The second-order valence-corrected chi connectivity index (χ2v) is 3.39. The van der Waals surface area contributed by atoms with Gasteiger partial charge in [-0.2, -0.15) is 0 Å². The van der Waals surface area contributed by atoms with Crippen molar-refractivity contribution in [3.05, 3.63) is 0 Å². The molecule has 1 nitrogen and oxygen atoms in total. The SMILES string of the molecule is CCC(C)N(P)C(C)C. The summed E-state index contributed by atoms with van der Waals surface area (Å²) in [6, 6.07) is 1.33. The van der Waals surface area contributed by atoms with Crippen molar-refractivity contribution in [2.45, 2.75) is 46.2 Å². The molecule has 56 valence electrons. The van der Waals surface area contributed by atoms with Crippen molar-refractivity contribution >= 4 is 9.39 Å². The van der Waals surface area contributed by atoms with Crippen LogP contribution in [0.3, 0.4) is 0 Å². The smallest absolute Gasteiger partial charge is 0.0101 e. The van der Waals surface area contributed by atoms with Gasteiger partial charge in [0, 0.05) is 12.1 Å². The lowest BCUT2D eigenvalue weighted by molar-refractivity contribution is 0.309. The second kappa shape index (κ2) is 4.24. The predicted octanol–water partition coefficient (Wildman–Crippen LogP) is 2.29. The highest BCUT2D eigenvalue weighted by Crippen LogP contribution is 2.12. The van der Waals surface area contributed by atoms with Gasteiger partial charge in [0.2, 0.25) is 0 Å². The molecule has 9 heavy (non-hydrogen) atoms. The van der Waals surface area contributed by atoms with Crippen molar-refractivity contribution in [1.29, 1.82) is 0 Å². The molecule has 2 heteroatoms. The lowest BCUT2D eigenvalue weighted by Gasteiger charge is -2.26. The molecule has 0 heterocycles. The van der Waals surface area contributed by atoms with E-state index in [0.717, 1.165) is 0 Å². The van der Waals surface area contributed by atoms with E-state index in [2.05, 4.69) is 41.8 Å². The molecule has 0 radical (unpaired) electrons. The van der Waals surface area contributed by atoms with Crippen LogP contribution in [0.4, 0.5) is 0 Å². The second-order valence-electron chi connectivity index (χ2n) is 2.80. The molecule has 0 aromatic heterocycles. The van der Waals surface area contributed by atoms with Crippen LogP contribution in [0.25, 0.3) is 0 Å². The highest BCUT2D eigenvalue weighted by atomic mass is 31.0. The standard InChI is InChI=1S/C7H18NP/c1-5-7(4)8(9)6(2)3/h6-7H,5,9H2,1-4H3. The van der Waals surface area contributed by atoms with Gasteiger partial charge in [-0.25, -0.2) is 0 Å². The lowest BCUT2D eigenvalue weighted by Crippen LogP contribution is -2.28. The summed E-state index contributed by atoms with van der Waals surface area (Å²) < 4.78 is 2.31. The Morgan fingerprint density at radius 2 is 1.78 bits per heavy atom. The van der Waals surface area contributed by atoms with E-state index in [4.69, 9.17) is 0 Å². The topological polar surface area (TPSA) is 3.24 Å². The normalized spacial score (nSPS) is 15.0. The van der Waals surface area contributed by atoms with Crippen LogP contribution < -0.4 is 0 Å². The molecule has 0 fully saturated rings. The van der Waals surface area contributed by atoms with E-state index in [9.17, 15) is 0 Å². The molecule has 0 aliphatic carbocycles. The van der Waals surface area contributed by atoms with Crippen molar-refractivity contribution < 1.29 is 0 Å². The molecule has 0 aromatic rings. The van der Waals surface area contributed by atoms with Crippen molar-refractivity contribution in [2.24, 2.45) is 0 Å². The van der Waals surface area contributed by atoms with E-state index >= 15 is 0 Å². The molecule has 2 atom stereocenters. The monoisotopic (exact) mass is 147 g/mol. The fourth-order valence-electron chi connectivity index (χ4n) is 0.720. The van der Waals surface area contributed by atoms with Crippen molar-refractivity contribution in [3.8, 4) is 0 Å². The van der Waals surface area contributed by atoms with E-state index in [1.807, 2.05) is 0 Å². The third-order valence-corrected chi connectivity index (χ3v) is 2.80. The van der Waals surface area contributed by atoms with Crippen molar-refractivity contribution in [2.75, 3.05) is 0 Å². The highest BCUT2D eigenvalue weighted by Gasteiger charge is 2.08. The van der Waals surface area contributed by atoms with Crippen LogP contribution in [0.5, 0.6) is 0 Å². The van der Waals surface area contributed by atoms with Gasteiger partial charge in [0.25, 0.3) is 0 Å². The van der Waals surface area contributed by atoms with E-state index in [0.29, 0.717) is 12.1 Å². The number of hydrogen-bond donors (Lipinski definition) is 0. The summed E-state index contributed by atoms with van der Waals surface area (Å²) in [5.41, 5.74) is 0. The number of nitrogens with zero attached hydrogens (tertiary/aromatic N) is 1. The Balaban J connectivity index is 3.58. The van der Waals surface area contributed by atoms with E-state index < -0.39 is 0 Å². The Morgan fingerprint density at radius 3 is 1.89 bits per heavy atom. The average molecular weight is 147 g/mol. The molecule has 0 amide bonds. The molecule has 0 spiro atoms. The Labute approximate surface area is 61.1 Å². The van der Waals surface area contributed by atoms with Crippen LogP contribution in [0, 0.1) is 0 Å². The first-order valence-electron chi connectivity index (χ1n) is 3.62. The molecule has 0 saturated carbocycles. The summed E-state index contributed by atoms with van der Waals surface area (Å²) in [7, 11) is 2.77. The van der Waals surface area contributed by atoms with E-state index in [-0.39, 0.29) is 0 Å². The molecular weight excluding hydrogens is 129 g/mol. The maximum Gasteiger partial charge on any atom is 0.0101 e. The first-order valence-corrected chi connectivity index (χ1v) is 4.14. The van der Waals surface area contributed by atoms with Gasteiger partial charge in [-0.05, 0) is 27.2 Å². The minimum atomic E-state index is 0.643. The molecule has 0 rings (SSSR count). The van der Waals surface area contributed by atoms with Gasteiger partial charge >= 0.3 is 0 Å². The van der Waals surface area contributed by atoms with Gasteiger partial charge in [0.1, 0.15) is 0 Å². The fourth-order valence-corrected chi connectivity index (χ4v) is 0.931. The minimum absolute atomic E-state index is 0.643. The van der Waals surface area contributed by atoms with Crippen molar-refractivity contribution in [3.63, 3.8) is 0 Å². The Kier molecular flexibility index (Phi) is 4.43. The molecule has 0 aliphatic rings. The van der Waals surface area contributed by atoms with E-state index in [1.54, 1.807) is 0 Å². The zero-order valence-corrected chi connectivity index (χ0v) is 8.04. The Morgan fingerprint density at radius 1 is 1.33 bits per heavy atom. The zero-order valence-electron chi connectivity index (χ0n) is 6.89. The van der Waals surface area contributed by atoms with Crippen molar-refractivity contribution in [1.82, 2.24) is 4.67 Å². The van der Waals surface area contributed by atoms with Gasteiger partial charge in [-0.1, -0.05) is 16.3 Å². The number of rotatable bonds is 3. The van der Waals surface area contributed by atoms with Crippen LogP contribution in [0.2, 0.25) is 0 Å². The third kappa shape index (κ3) is 3.17. The van der Waals surface area contributed by atoms with Crippen LogP contribution >= 0.6 is 9.39 Å². The van der Waals surface area contributed by atoms with E-state index in [1.165, 1.54) is 6.42 Å². The molecule has 2 unspecified atom stereocenters. The Bertz CT molecular complexity index is 73.3. The molecule has 0 N–H and O–H groups in total. The first kappa shape index (κ1) is 9.39. The summed E-state index contributed by atoms with van der Waals surface area (Å²) >= 11 is 0. The van der Waals surface area contributed by atoms with Crippen LogP contribution in [0.15, 0.2) is 0 Å². The minimum Gasteiger partial charge on any atom is -0.282 e. The van der Waals surface area contributed by atoms with Gasteiger partial charge < -0.3 is 0 Å². The summed E-state index contributed by atoms with van der Waals surface area (Å²) in [5.74, 6) is 0. The van der Waals surface area contributed by atoms with Gasteiger partial charge in [0.05, 0.1) is 0 Å². The zero-order chi connectivity index (χ0) is 7.44. The van der Waals surface area contributed by atoms with Gasteiger partial charge in [-0.15, -0.1) is 0 Å². The predicted molar refractivity (Wildman–Crippen MR) is 46.4 cm³/mol. The quantitative estimate of drug-likeness (QED) is 0.553.